The van der Waals surface area contributed by atoms with E-state index in [-0.39, 0.29) is 0 Å². The molecular formula is C13H21N3O. The highest BCUT2D eigenvalue weighted by atomic mass is 16.5. The van der Waals surface area contributed by atoms with Gasteiger partial charge in [0.15, 0.2) is 5.82 Å². The summed E-state index contributed by atoms with van der Waals surface area (Å²) in [6.45, 7) is 4.81. The molecule has 4 heteroatoms. The molecule has 0 saturated heterocycles. The fraction of sp³-hybridized carbons (Fsp3) is 0.538. The lowest BCUT2D eigenvalue weighted by atomic mass is 10.1. The number of aliphatic imine (C=N–C) groups is 1. The van der Waals surface area contributed by atoms with Crippen LogP contribution < -0.4 is 5.32 Å². The van der Waals surface area contributed by atoms with Gasteiger partial charge in [-0.3, -0.25) is 4.99 Å². The minimum absolute atomic E-state index is 0.688. The van der Waals surface area contributed by atoms with E-state index in [9.17, 15) is 0 Å². The molecule has 0 unspecified atom stereocenters. The first-order chi connectivity index (χ1) is 8.22. The van der Waals surface area contributed by atoms with E-state index in [4.69, 9.17) is 4.74 Å². The largest absolute Gasteiger partial charge is 0.384 e. The Balaban J connectivity index is 3.02. The Morgan fingerprint density at radius 3 is 2.88 bits per heavy atom. The van der Waals surface area contributed by atoms with E-state index in [0.29, 0.717) is 6.61 Å². The van der Waals surface area contributed by atoms with E-state index in [1.807, 2.05) is 13.3 Å². The first kappa shape index (κ1) is 13.6. The van der Waals surface area contributed by atoms with Crippen LogP contribution in [0.25, 0.3) is 0 Å². The number of hydrogen-bond donors (Lipinski definition) is 1. The summed E-state index contributed by atoms with van der Waals surface area (Å²) in [4.78, 5) is 8.97. The summed E-state index contributed by atoms with van der Waals surface area (Å²) >= 11 is 0. The zero-order valence-electron chi connectivity index (χ0n) is 11.1. The molecule has 0 saturated carbocycles. The summed E-state index contributed by atoms with van der Waals surface area (Å²) in [6.07, 6.45) is 3.65. The highest BCUT2D eigenvalue weighted by Crippen LogP contribution is 2.27. The Labute approximate surface area is 103 Å². The molecule has 4 nitrogen and oxygen atoms in total. The van der Waals surface area contributed by atoms with Gasteiger partial charge in [0.2, 0.25) is 0 Å². The third-order valence-corrected chi connectivity index (χ3v) is 2.44. The Kier molecular flexibility index (Phi) is 5.63. The van der Waals surface area contributed by atoms with E-state index in [0.717, 1.165) is 35.6 Å². The fourth-order valence-electron chi connectivity index (χ4n) is 1.59. The summed E-state index contributed by atoms with van der Waals surface area (Å²) < 4.78 is 5.06. The average Bonchev–Trinajstić information content (AvgIpc) is 2.34. The van der Waals surface area contributed by atoms with Crippen LogP contribution in [-0.4, -0.2) is 32.0 Å². The maximum absolute atomic E-state index is 5.06. The number of methoxy groups -OCH3 is 1. The number of aromatic nitrogens is 1. The van der Waals surface area contributed by atoms with E-state index >= 15 is 0 Å². The molecule has 1 aromatic heterocycles. The Morgan fingerprint density at radius 1 is 1.53 bits per heavy atom. The van der Waals surface area contributed by atoms with Gasteiger partial charge in [-0.1, -0.05) is 6.92 Å². The van der Waals surface area contributed by atoms with Crippen molar-refractivity contribution in [3.8, 4) is 0 Å². The Morgan fingerprint density at radius 2 is 2.29 bits per heavy atom. The van der Waals surface area contributed by atoms with Gasteiger partial charge in [0, 0.05) is 32.5 Å². The number of aryl methyl sites for hydroxylation is 1. The van der Waals surface area contributed by atoms with Gasteiger partial charge < -0.3 is 10.1 Å². The lowest BCUT2D eigenvalue weighted by Gasteiger charge is -2.10. The van der Waals surface area contributed by atoms with Gasteiger partial charge in [0.25, 0.3) is 0 Å². The normalized spacial score (nSPS) is 11.1. The van der Waals surface area contributed by atoms with Crippen molar-refractivity contribution in [3.63, 3.8) is 0 Å². The number of pyridine rings is 1. The zero-order chi connectivity index (χ0) is 12.7. The summed E-state index contributed by atoms with van der Waals surface area (Å²) in [5.41, 5.74) is 3.10. The van der Waals surface area contributed by atoms with Crippen LogP contribution in [0.4, 0.5) is 11.5 Å². The molecule has 0 radical (unpaired) electrons. The number of anilines is 1. The standard InChI is InChI=1S/C13H21N3O/c1-5-7-15-12-10(2)9-11(6-8-17-4)16-13(12)14-3/h7,9H,5-6,8H2,1-4H3,(H,14,16). The van der Waals surface area contributed by atoms with Crippen molar-refractivity contribution in [1.29, 1.82) is 0 Å². The lowest BCUT2D eigenvalue weighted by Crippen LogP contribution is -2.02. The molecule has 1 aromatic rings. The number of rotatable bonds is 6. The third kappa shape index (κ3) is 3.82. The highest BCUT2D eigenvalue weighted by molar-refractivity contribution is 5.72. The predicted octanol–water partition coefficient (Wildman–Crippen LogP) is 2.73. The molecular weight excluding hydrogens is 214 g/mol. The predicted molar refractivity (Wildman–Crippen MR) is 72.5 cm³/mol. The molecule has 1 N–H and O–H groups in total. The van der Waals surface area contributed by atoms with Crippen LogP contribution >= 0.6 is 0 Å². The van der Waals surface area contributed by atoms with Gasteiger partial charge in [-0.15, -0.1) is 0 Å². The Hall–Kier alpha value is -1.42. The van der Waals surface area contributed by atoms with E-state index in [2.05, 4.69) is 35.2 Å². The first-order valence-electron chi connectivity index (χ1n) is 5.92. The van der Waals surface area contributed by atoms with Crippen molar-refractivity contribution in [2.45, 2.75) is 26.7 Å². The molecule has 0 bridgehead atoms. The van der Waals surface area contributed by atoms with Crippen molar-refractivity contribution in [2.24, 2.45) is 4.99 Å². The van der Waals surface area contributed by atoms with Crippen molar-refractivity contribution in [3.05, 3.63) is 17.3 Å². The number of nitrogens with zero attached hydrogens (tertiary/aromatic N) is 2. The average molecular weight is 235 g/mol. The third-order valence-electron chi connectivity index (χ3n) is 2.44. The zero-order valence-corrected chi connectivity index (χ0v) is 11.1. The molecule has 0 atom stereocenters. The van der Waals surface area contributed by atoms with Crippen molar-refractivity contribution >= 4 is 17.7 Å². The quantitative estimate of drug-likeness (QED) is 0.771. The minimum Gasteiger partial charge on any atom is -0.384 e. The molecule has 0 fully saturated rings. The van der Waals surface area contributed by atoms with Gasteiger partial charge in [-0.05, 0) is 25.0 Å². The lowest BCUT2D eigenvalue weighted by molar-refractivity contribution is 0.201. The van der Waals surface area contributed by atoms with E-state index in [1.165, 1.54) is 0 Å². The van der Waals surface area contributed by atoms with Gasteiger partial charge in [-0.25, -0.2) is 4.98 Å². The van der Waals surface area contributed by atoms with Crippen LogP contribution in [0, 0.1) is 6.92 Å². The van der Waals surface area contributed by atoms with Gasteiger partial charge >= 0.3 is 0 Å². The van der Waals surface area contributed by atoms with Crippen LogP contribution in [0.2, 0.25) is 0 Å². The summed E-state index contributed by atoms with van der Waals surface area (Å²) in [5.74, 6) is 0.834. The molecule has 0 aliphatic carbocycles. The summed E-state index contributed by atoms with van der Waals surface area (Å²) in [5, 5.41) is 3.10. The molecule has 0 aliphatic heterocycles. The van der Waals surface area contributed by atoms with Gasteiger partial charge in [-0.2, -0.15) is 0 Å². The molecule has 94 valence electrons. The fourth-order valence-corrected chi connectivity index (χ4v) is 1.59. The molecule has 0 amide bonds. The molecule has 17 heavy (non-hydrogen) atoms. The maximum Gasteiger partial charge on any atom is 0.152 e. The monoisotopic (exact) mass is 235 g/mol. The van der Waals surface area contributed by atoms with Crippen LogP contribution in [-0.2, 0) is 11.2 Å². The molecule has 0 aromatic carbocycles. The molecule has 0 aliphatic rings. The van der Waals surface area contributed by atoms with Gasteiger partial charge in [0.05, 0.1) is 6.61 Å². The second kappa shape index (κ2) is 7.01. The first-order valence-corrected chi connectivity index (χ1v) is 5.92. The van der Waals surface area contributed by atoms with Crippen LogP contribution in [0.5, 0.6) is 0 Å². The molecule has 0 spiro atoms. The topological polar surface area (TPSA) is 46.5 Å². The summed E-state index contributed by atoms with van der Waals surface area (Å²) in [7, 11) is 3.57. The van der Waals surface area contributed by atoms with Crippen LogP contribution in [0.1, 0.15) is 24.6 Å². The van der Waals surface area contributed by atoms with Crippen molar-refractivity contribution in [2.75, 3.05) is 26.1 Å². The van der Waals surface area contributed by atoms with Crippen molar-refractivity contribution in [1.82, 2.24) is 4.98 Å². The Bertz CT molecular complexity index is 388. The highest BCUT2D eigenvalue weighted by Gasteiger charge is 2.07. The second-order valence-corrected chi connectivity index (χ2v) is 3.84. The number of nitrogens with one attached hydrogen (secondary N) is 1. The molecule has 1 rings (SSSR count). The summed E-state index contributed by atoms with van der Waals surface area (Å²) in [6, 6.07) is 2.07. The SMILES string of the molecule is CCC=Nc1c(C)cc(CCOC)nc1NC. The number of hydrogen-bond acceptors (Lipinski definition) is 4. The van der Waals surface area contributed by atoms with Crippen molar-refractivity contribution < 1.29 is 4.74 Å². The number of ether oxygens (including phenoxy) is 1. The van der Waals surface area contributed by atoms with E-state index in [1.54, 1.807) is 7.11 Å². The van der Waals surface area contributed by atoms with E-state index < -0.39 is 0 Å². The molecule has 1 heterocycles. The van der Waals surface area contributed by atoms with Gasteiger partial charge in [0.1, 0.15) is 5.69 Å². The maximum atomic E-state index is 5.06. The second-order valence-electron chi connectivity index (χ2n) is 3.84. The minimum atomic E-state index is 0.688. The van der Waals surface area contributed by atoms with Crippen LogP contribution in [0.15, 0.2) is 11.1 Å². The smallest absolute Gasteiger partial charge is 0.152 e. The van der Waals surface area contributed by atoms with Crippen LogP contribution in [0.3, 0.4) is 0 Å².